The van der Waals surface area contributed by atoms with Gasteiger partial charge in [-0.15, -0.1) is 0 Å². The van der Waals surface area contributed by atoms with Crippen LogP contribution in [0.25, 0.3) is 11.0 Å². The second kappa shape index (κ2) is 6.46. The first-order valence-corrected chi connectivity index (χ1v) is 10.2. The van der Waals surface area contributed by atoms with E-state index in [4.69, 9.17) is 0 Å². The number of fused-ring (bicyclic) bond motifs is 1. The minimum atomic E-state index is -0.0410. The average Bonchev–Trinajstić information content (AvgIpc) is 3.29. The number of piperazine rings is 1. The van der Waals surface area contributed by atoms with Crippen LogP contribution in [0, 0.1) is 5.92 Å². The van der Waals surface area contributed by atoms with E-state index in [2.05, 4.69) is 24.8 Å². The van der Waals surface area contributed by atoms with E-state index < -0.39 is 0 Å². The maximum absolute atomic E-state index is 13.3. The number of piperidine rings is 1. The molecule has 1 aliphatic carbocycles. The van der Waals surface area contributed by atoms with Crippen molar-refractivity contribution in [3.05, 3.63) is 18.6 Å². The van der Waals surface area contributed by atoms with Gasteiger partial charge < -0.3 is 19.7 Å². The van der Waals surface area contributed by atoms with E-state index in [-0.39, 0.29) is 23.3 Å². The number of aromatic amines is 1. The number of nitrogens with zero attached hydrogens (tertiary/aromatic N) is 5. The van der Waals surface area contributed by atoms with E-state index in [9.17, 15) is 9.59 Å². The summed E-state index contributed by atoms with van der Waals surface area (Å²) in [5.74, 6) is 1.41. The Hall–Kier alpha value is -2.64. The van der Waals surface area contributed by atoms with E-state index in [1.165, 1.54) is 0 Å². The van der Waals surface area contributed by atoms with Crippen LogP contribution in [0.2, 0.25) is 0 Å². The maximum Gasteiger partial charge on any atom is 0.226 e. The minimum absolute atomic E-state index is 0.0410. The Bertz CT molecular complexity index is 912. The number of hydrogen-bond donors (Lipinski definition) is 1. The number of carbonyl (C=O) groups is 2. The van der Waals surface area contributed by atoms with Crippen LogP contribution in [0.15, 0.2) is 18.6 Å². The van der Waals surface area contributed by atoms with Crippen molar-refractivity contribution in [2.75, 3.05) is 37.6 Å². The van der Waals surface area contributed by atoms with E-state index in [0.717, 1.165) is 62.2 Å². The topological polar surface area (TPSA) is 85.4 Å². The molecule has 2 aliphatic heterocycles. The molecule has 0 radical (unpaired) electrons. The molecule has 3 fully saturated rings. The highest BCUT2D eigenvalue weighted by molar-refractivity contribution is 5.88. The molecule has 1 saturated carbocycles. The van der Waals surface area contributed by atoms with Gasteiger partial charge >= 0.3 is 0 Å². The first-order valence-electron chi connectivity index (χ1n) is 10.2. The predicted molar refractivity (Wildman–Crippen MR) is 105 cm³/mol. The molecule has 0 aromatic carbocycles. The Balaban J connectivity index is 1.30. The molecule has 4 heterocycles. The third-order valence-electron chi connectivity index (χ3n) is 6.67. The number of hydrogen-bond acceptors (Lipinski definition) is 5. The van der Waals surface area contributed by atoms with Crippen molar-refractivity contribution in [1.82, 2.24) is 24.8 Å². The summed E-state index contributed by atoms with van der Waals surface area (Å²) < 4.78 is 0. The van der Waals surface area contributed by atoms with Gasteiger partial charge in [-0.3, -0.25) is 9.59 Å². The number of amides is 2. The quantitative estimate of drug-likeness (QED) is 0.849. The zero-order valence-electron chi connectivity index (χ0n) is 16.2. The van der Waals surface area contributed by atoms with Crippen molar-refractivity contribution in [3.8, 4) is 0 Å². The molecule has 2 amide bonds. The van der Waals surface area contributed by atoms with Gasteiger partial charge in [0, 0.05) is 51.8 Å². The SMILES string of the molecule is CC(=O)N1CCC(C(=O)N2CCN(c3ncnc4[nH]ccc34)CC23CC3)CC1. The van der Waals surface area contributed by atoms with Crippen LogP contribution in [-0.4, -0.2) is 74.8 Å². The molecule has 0 unspecified atom stereocenters. The molecule has 2 aromatic rings. The fourth-order valence-electron chi connectivity index (χ4n) is 4.85. The zero-order valence-corrected chi connectivity index (χ0v) is 16.2. The molecule has 2 aromatic heterocycles. The second-order valence-electron chi connectivity index (χ2n) is 8.35. The monoisotopic (exact) mass is 382 g/mol. The number of likely N-dealkylation sites (tertiary alicyclic amines) is 1. The van der Waals surface area contributed by atoms with Crippen molar-refractivity contribution in [3.63, 3.8) is 0 Å². The predicted octanol–water partition coefficient (Wildman–Crippen LogP) is 1.40. The molecule has 0 bridgehead atoms. The third kappa shape index (κ3) is 2.82. The fraction of sp³-hybridized carbons (Fsp3) is 0.600. The van der Waals surface area contributed by atoms with Crippen molar-refractivity contribution >= 4 is 28.7 Å². The summed E-state index contributed by atoms with van der Waals surface area (Å²) in [5.41, 5.74) is 0.811. The van der Waals surface area contributed by atoms with Crippen LogP contribution in [-0.2, 0) is 9.59 Å². The molecule has 8 heteroatoms. The Morgan fingerprint density at radius 3 is 2.64 bits per heavy atom. The number of aromatic nitrogens is 3. The van der Waals surface area contributed by atoms with Crippen LogP contribution >= 0.6 is 0 Å². The summed E-state index contributed by atoms with van der Waals surface area (Å²) in [4.78, 5) is 43.1. The molecule has 3 aliphatic rings. The van der Waals surface area contributed by atoms with Crippen LogP contribution < -0.4 is 4.90 Å². The lowest BCUT2D eigenvalue weighted by Crippen LogP contribution is -2.59. The normalized spacial score (nSPS) is 22.1. The van der Waals surface area contributed by atoms with Crippen molar-refractivity contribution < 1.29 is 9.59 Å². The average molecular weight is 382 g/mol. The molecule has 1 N–H and O–H groups in total. The molecule has 5 rings (SSSR count). The summed E-state index contributed by atoms with van der Waals surface area (Å²) in [6.07, 6.45) is 7.18. The van der Waals surface area contributed by atoms with E-state index >= 15 is 0 Å². The Kier molecular flexibility index (Phi) is 4.03. The van der Waals surface area contributed by atoms with Crippen LogP contribution in [0.5, 0.6) is 0 Å². The molecule has 28 heavy (non-hydrogen) atoms. The van der Waals surface area contributed by atoms with Gasteiger partial charge in [0.1, 0.15) is 17.8 Å². The highest BCUT2D eigenvalue weighted by Gasteiger charge is 2.54. The first-order chi connectivity index (χ1) is 13.6. The smallest absolute Gasteiger partial charge is 0.226 e. The number of carbonyl (C=O) groups excluding carboxylic acids is 2. The molecular weight excluding hydrogens is 356 g/mol. The lowest BCUT2D eigenvalue weighted by atomic mass is 9.93. The van der Waals surface area contributed by atoms with Gasteiger partial charge in [-0.2, -0.15) is 0 Å². The van der Waals surface area contributed by atoms with Crippen molar-refractivity contribution in [2.45, 2.75) is 38.1 Å². The lowest BCUT2D eigenvalue weighted by Gasteiger charge is -2.45. The van der Waals surface area contributed by atoms with Gasteiger partial charge in [-0.05, 0) is 31.7 Å². The van der Waals surface area contributed by atoms with E-state index in [1.54, 1.807) is 13.3 Å². The molecule has 148 valence electrons. The minimum Gasteiger partial charge on any atom is -0.352 e. The third-order valence-corrected chi connectivity index (χ3v) is 6.67. The Morgan fingerprint density at radius 1 is 1.14 bits per heavy atom. The fourth-order valence-corrected chi connectivity index (χ4v) is 4.85. The maximum atomic E-state index is 13.3. The highest BCUT2D eigenvalue weighted by Crippen LogP contribution is 2.46. The van der Waals surface area contributed by atoms with E-state index in [1.807, 2.05) is 17.2 Å². The number of anilines is 1. The lowest BCUT2D eigenvalue weighted by molar-refractivity contribution is -0.143. The van der Waals surface area contributed by atoms with Crippen LogP contribution in [0.1, 0.15) is 32.6 Å². The first kappa shape index (κ1) is 17.5. The summed E-state index contributed by atoms with van der Waals surface area (Å²) >= 11 is 0. The zero-order chi connectivity index (χ0) is 19.3. The molecule has 1 spiro atoms. The van der Waals surface area contributed by atoms with Crippen molar-refractivity contribution in [2.24, 2.45) is 5.92 Å². The Labute approximate surface area is 163 Å². The van der Waals surface area contributed by atoms with Gasteiger partial charge in [-0.25, -0.2) is 9.97 Å². The van der Waals surface area contributed by atoms with Gasteiger partial charge in [0.05, 0.1) is 10.9 Å². The Morgan fingerprint density at radius 2 is 1.93 bits per heavy atom. The van der Waals surface area contributed by atoms with Gasteiger partial charge in [0.2, 0.25) is 11.8 Å². The second-order valence-corrected chi connectivity index (χ2v) is 8.35. The highest BCUT2D eigenvalue weighted by atomic mass is 16.2. The summed E-state index contributed by atoms with van der Waals surface area (Å²) in [6, 6.07) is 2.02. The molecular formula is C20H26N6O2. The number of nitrogens with one attached hydrogen (secondary N) is 1. The molecule has 0 atom stereocenters. The summed E-state index contributed by atoms with van der Waals surface area (Å²) in [7, 11) is 0. The van der Waals surface area contributed by atoms with Gasteiger partial charge in [0.25, 0.3) is 0 Å². The van der Waals surface area contributed by atoms with Gasteiger partial charge in [-0.1, -0.05) is 0 Å². The van der Waals surface area contributed by atoms with Crippen molar-refractivity contribution in [1.29, 1.82) is 0 Å². The van der Waals surface area contributed by atoms with Gasteiger partial charge in [0.15, 0.2) is 0 Å². The largest absolute Gasteiger partial charge is 0.352 e. The summed E-state index contributed by atoms with van der Waals surface area (Å²) in [5, 5.41) is 1.04. The standard InChI is InChI=1S/C20H26N6O2/c1-14(27)24-8-3-15(4-9-24)19(28)26-11-10-25(12-20(26)5-6-20)18-16-2-7-21-17(16)22-13-23-18/h2,7,13,15H,3-6,8-12H2,1H3,(H,21,22,23). The molecule has 2 saturated heterocycles. The molecule has 8 nitrogen and oxygen atoms in total. The number of H-pyrrole nitrogens is 1. The van der Waals surface area contributed by atoms with E-state index in [0.29, 0.717) is 13.1 Å². The van der Waals surface area contributed by atoms with Crippen LogP contribution in [0.4, 0.5) is 5.82 Å². The number of rotatable bonds is 2. The van der Waals surface area contributed by atoms with Crippen LogP contribution in [0.3, 0.4) is 0 Å². The summed E-state index contributed by atoms with van der Waals surface area (Å²) in [6.45, 7) is 5.37.